The maximum atomic E-state index is 11.6. The van der Waals surface area contributed by atoms with Crippen molar-refractivity contribution in [1.29, 1.82) is 0 Å². The Morgan fingerprint density at radius 3 is 2.92 bits per heavy atom. The first-order valence-electron chi connectivity index (χ1n) is 9.49. The molecule has 0 unspecified atom stereocenters. The first-order valence-corrected chi connectivity index (χ1v) is 10.4. The third-order valence-electron chi connectivity index (χ3n) is 5.06. The minimum absolute atomic E-state index is 0.0840. The molecule has 0 saturated carbocycles. The van der Waals surface area contributed by atoms with Crippen molar-refractivity contribution in [2.24, 2.45) is 5.73 Å². The fraction of sp³-hybridized carbons (Fsp3) is 0.476. The van der Waals surface area contributed by atoms with Crippen molar-refractivity contribution in [1.82, 2.24) is 4.90 Å². The standard InChI is InChI=1S/C21H28N2O2S/c1-2-11-23(12-10-18-6-4-13-26-18)17-8-9-19-16(14-17)5-3-7-20(19)25-21(24)15-22/h3-7,13,17H,2,8-12,14-15,22H2,1H3/t17-/m0/s1. The largest absolute Gasteiger partial charge is 0.425 e. The van der Waals surface area contributed by atoms with Crippen LogP contribution in [0.25, 0.3) is 0 Å². The van der Waals surface area contributed by atoms with Gasteiger partial charge in [-0.2, -0.15) is 0 Å². The van der Waals surface area contributed by atoms with Gasteiger partial charge >= 0.3 is 5.97 Å². The minimum atomic E-state index is -0.371. The maximum Gasteiger partial charge on any atom is 0.325 e. The van der Waals surface area contributed by atoms with E-state index in [0.29, 0.717) is 11.8 Å². The number of hydrogen-bond acceptors (Lipinski definition) is 5. The van der Waals surface area contributed by atoms with Crippen LogP contribution in [0.5, 0.6) is 5.75 Å². The van der Waals surface area contributed by atoms with Gasteiger partial charge in [0.15, 0.2) is 0 Å². The van der Waals surface area contributed by atoms with E-state index in [1.54, 1.807) is 0 Å². The Labute approximate surface area is 160 Å². The van der Waals surface area contributed by atoms with Crippen LogP contribution in [0.3, 0.4) is 0 Å². The topological polar surface area (TPSA) is 55.6 Å². The number of nitrogens with two attached hydrogens (primary N) is 1. The monoisotopic (exact) mass is 372 g/mol. The van der Waals surface area contributed by atoms with E-state index in [2.05, 4.69) is 35.4 Å². The molecule has 0 amide bonds. The SMILES string of the molecule is CCCN(CCc1cccs1)[C@H]1CCc2c(cccc2OC(=O)CN)C1. The Balaban J connectivity index is 1.69. The zero-order valence-corrected chi connectivity index (χ0v) is 16.3. The van der Waals surface area contributed by atoms with Crippen molar-refractivity contribution in [2.45, 2.75) is 45.1 Å². The molecule has 3 rings (SSSR count). The zero-order valence-electron chi connectivity index (χ0n) is 15.4. The summed E-state index contributed by atoms with van der Waals surface area (Å²) in [5, 5.41) is 2.15. The Morgan fingerprint density at radius 2 is 2.19 bits per heavy atom. The van der Waals surface area contributed by atoms with Gasteiger partial charge in [0.05, 0.1) is 6.54 Å². The highest BCUT2D eigenvalue weighted by Crippen LogP contribution is 2.32. The van der Waals surface area contributed by atoms with Gasteiger partial charge in [-0.25, -0.2) is 0 Å². The van der Waals surface area contributed by atoms with Crippen LogP contribution in [0, 0.1) is 0 Å². The lowest BCUT2D eigenvalue weighted by molar-refractivity contribution is -0.132. The van der Waals surface area contributed by atoms with Crippen LogP contribution >= 0.6 is 11.3 Å². The number of carbonyl (C=O) groups excluding carboxylic acids is 1. The number of ether oxygens (including phenoxy) is 1. The second-order valence-corrected chi connectivity index (χ2v) is 7.87. The molecular weight excluding hydrogens is 344 g/mol. The summed E-state index contributed by atoms with van der Waals surface area (Å²) in [4.78, 5) is 15.7. The Morgan fingerprint density at radius 1 is 1.31 bits per heavy atom. The van der Waals surface area contributed by atoms with Gasteiger partial charge in [0.2, 0.25) is 0 Å². The van der Waals surface area contributed by atoms with Crippen molar-refractivity contribution in [2.75, 3.05) is 19.6 Å². The third kappa shape index (κ3) is 4.72. The molecule has 26 heavy (non-hydrogen) atoms. The molecule has 140 valence electrons. The molecule has 1 heterocycles. The number of thiophene rings is 1. The maximum absolute atomic E-state index is 11.6. The molecule has 2 aromatic rings. The van der Waals surface area contributed by atoms with Gasteiger partial charge in [0.25, 0.3) is 0 Å². The summed E-state index contributed by atoms with van der Waals surface area (Å²) in [6.45, 7) is 4.40. The molecule has 0 spiro atoms. The lowest BCUT2D eigenvalue weighted by Crippen LogP contribution is -2.41. The van der Waals surface area contributed by atoms with Gasteiger partial charge in [-0.1, -0.05) is 25.1 Å². The summed E-state index contributed by atoms with van der Waals surface area (Å²) in [5.41, 5.74) is 7.87. The quantitative estimate of drug-likeness (QED) is 0.570. The summed E-state index contributed by atoms with van der Waals surface area (Å²) < 4.78 is 5.43. The highest BCUT2D eigenvalue weighted by atomic mass is 32.1. The van der Waals surface area contributed by atoms with Crippen molar-refractivity contribution in [3.8, 4) is 5.75 Å². The van der Waals surface area contributed by atoms with E-state index >= 15 is 0 Å². The van der Waals surface area contributed by atoms with E-state index in [1.807, 2.05) is 23.5 Å². The molecule has 0 bridgehead atoms. The lowest BCUT2D eigenvalue weighted by Gasteiger charge is -2.35. The van der Waals surface area contributed by atoms with E-state index in [-0.39, 0.29) is 12.5 Å². The van der Waals surface area contributed by atoms with E-state index in [0.717, 1.165) is 38.8 Å². The second kappa shape index (κ2) is 9.31. The van der Waals surface area contributed by atoms with Gasteiger partial charge in [-0.05, 0) is 67.3 Å². The highest BCUT2D eigenvalue weighted by Gasteiger charge is 2.26. The van der Waals surface area contributed by atoms with Crippen molar-refractivity contribution < 1.29 is 9.53 Å². The number of nitrogens with zero attached hydrogens (tertiary/aromatic N) is 1. The normalized spacial score (nSPS) is 16.5. The first kappa shape index (κ1) is 19.1. The highest BCUT2D eigenvalue weighted by molar-refractivity contribution is 7.09. The molecule has 1 atom stereocenters. The minimum Gasteiger partial charge on any atom is -0.425 e. The zero-order chi connectivity index (χ0) is 18.4. The predicted molar refractivity (Wildman–Crippen MR) is 107 cm³/mol. The van der Waals surface area contributed by atoms with Crippen LogP contribution in [0.1, 0.15) is 35.8 Å². The fourth-order valence-corrected chi connectivity index (χ4v) is 4.50. The summed E-state index contributed by atoms with van der Waals surface area (Å²) in [6.07, 6.45) is 5.37. The number of benzene rings is 1. The van der Waals surface area contributed by atoms with Gasteiger partial charge in [0, 0.05) is 17.5 Å². The first-order chi connectivity index (χ1) is 12.7. The lowest BCUT2D eigenvalue weighted by atomic mass is 9.86. The van der Waals surface area contributed by atoms with Crippen LogP contribution in [0.2, 0.25) is 0 Å². The molecular formula is C21H28N2O2S. The van der Waals surface area contributed by atoms with Gasteiger partial charge in [-0.3, -0.25) is 9.69 Å². The Hall–Kier alpha value is -1.69. The van der Waals surface area contributed by atoms with E-state index in [4.69, 9.17) is 10.5 Å². The van der Waals surface area contributed by atoms with E-state index in [9.17, 15) is 4.79 Å². The summed E-state index contributed by atoms with van der Waals surface area (Å²) in [6, 6.07) is 10.9. The predicted octanol–water partition coefficient (Wildman–Crippen LogP) is 3.42. The average Bonchev–Trinajstić information content (AvgIpc) is 3.18. The fourth-order valence-electron chi connectivity index (χ4n) is 3.80. The van der Waals surface area contributed by atoms with Crippen LogP contribution < -0.4 is 10.5 Å². The van der Waals surface area contributed by atoms with Crippen LogP contribution in [-0.4, -0.2) is 36.5 Å². The molecule has 1 aliphatic rings. The number of esters is 1. The molecule has 0 fully saturated rings. The van der Waals surface area contributed by atoms with E-state index < -0.39 is 0 Å². The molecule has 0 radical (unpaired) electrons. The van der Waals surface area contributed by atoms with Crippen molar-refractivity contribution in [3.05, 3.63) is 51.7 Å². The molecule has 1 aliphatic carbocycles. The third-order valence-corrected chi connectivity index (χ3v) is 5.99. The van der Waals surface area contributed by atoms with Gasteiger partial charge in [0.1, 0.15) is 5.75 Å². The number of hydrogen-bond donors (Lipinski definition) is 1. The number of fused-ring (bicyclic) bond motifs is 1. The average molecular weight is 373 g/mol. The van der Waals surface area contributed by atoms with Crippen LogP contribution in [0.4, 0.5) is 0 Å². The number of rotatable bonds is 8. The molecule has 2 N–H and O–H groups in total. The smallest absolute Gasteiger partial charge is 0.325 e. The van der Waals surface area contributed by atoms with Crippen LogP contribution in [0.15, 0.2) is 35.7 Å². The number of carbonyl (C=O) groups is 1. The second-order valence-electron chi connectivity index (χ2n) is 6.83. The molecule has 1 aromatic carbocycles. The summed E-state index contributed by atoms with van der Waals surface area (Å²) in [5.74, 6) is 0.320. The van der Waals surface area contributed by atoms with Gasteiger partial charge in [-0.15, -0.1) is 11.3 Å². The molecule has 0 aliphatic heterocycles. The van der Waals surface area contributed by atoms with Crippen molar-refractivity contribution in [3.63, 3.8) is 0 Å². The van der Waals surface area contributed by atoms with Crippen LogP contribution in [-0.2, 0) is 24.1 Å². The molecule has 5 heteroatoms. The Bertz CT molecular complexity index is 715. The Kier molecular flexibility index (Phi) is 6.83. The summed E-state index contributed by atoms with van der Waals surface area (Å²) >= 11 is 1.84. The summed E-state index contributed by atoms with van der Waals surface area (Å²) in [7, 11) is 0. The van der Waals surface area contributed by atoms with E-state index in [1.165, 1.54) is 22.4 Å². The van der Waals surface area contributed by atoms with Crippen molar-refractivity contribution >= 4 is 17.3 Å². The molecule has 0 saturated heterocycles. The molecule has 1 aromatic heterocycles. The molecule has 4 nitrogen and oxygen atoms in total. The van der Waals surface area contributed by atoms with Gasteiger partial charge < -0.3 is 10.5 Å².